The van der Waals surface area contributed by atoms with Crippen LogP contribution in [-0.2, 0) is 4.79 Å². The summed E-state index contributed by atoms with van der Waals surface area (Å²) < 4.78 is 0. The Morgan fingerprint density at radius 3 is 2.00 bits per heavy atom. The molecule has 0 aromatic carbocycles. The van der Waals surface area contributed by atoms with Gasteiger partial charge in [-0.25, -0.2) is 0 Å². The minimum atomic E-state index is 0.0831. The molecule has 0 aliphatic carbocycles. The normalized spacial score (nSPS) is 19.7. The number of nitrogens with zero attached hydrogens (tertiary/aromatic N) is 2. The summed E-state index contributed by atoms with van der Waals surface area (Å²) >= 11 is 0. The molecule has 20 heavy (non-hydrogen) atoms. The van der Waals surface area contributed by atoms with E-state index < -0.39 is 0 Å². The minimum absolute atomic E-state index is 0.0831. The van der Waals surface area contributed by atoms with Gasteiger partial charge in [0.15, 0.2) is 5.78 Å². The van der Waals surface area contributed by atoms with Crippen LogP contribution in [-0.4, -0.2) is 53.8 Å². The van der Waals surface area contributed by atoms with Gasteiger partial charge < -0.3 is 0 Å². The molecule has 0 atom stereocenters. The van der Waals surface area contributed by atoms with Crippen molar-refractivity contribution in [2.24, 2.45) is 5.41 Å². The first-order valence-corrected chi connectivity index (χ1v) is 7.75. The van der Waals surface area contributed by atoms with Crippen molar-refractivity contribution in [3.05, 3.63) is 12.2 Å². The highest BCUT2D eigenvalue weighted by Gasteiger charge is 2.25. The Morgan fingerprint density at radius 1 is 1.00 bits per heavy atom. The largest absolute Gasteiger partial charge is 0.297 e. The zero-order valence-corrected chi connectivity index (χ0v) is 14.2. The van der Waals surface area contributed by atoms with Gasteiger partial charge in [0.2, 0.25) is 0 Å². The Labute approximate surface area is 125 Å². The predicted octanol–water partition coefficient (Wildman–Crippen LogP) is 2.96. The van der Waals surface area contributed by atoms with E-state index in [0.717, 1.165) is 32.7 Å². The van der Waals surface area contributed by atoms with Gasteiger partial charge in [0, 0.05) is 44.7 Å². The standard InChI is InChI=1S/C17H32N2O/c1-16(2,3)14-15(20)8-7-9-18-10-12-19(13-11-18)17(4,5)6/h7-8H,9-14H2,1-6H3/b8-7+. The Morgan fingerprint density at radius 2 is 1.55 bits per heavy atom. The van der Waals surface area contributed by atoms with E-state index in [4.69, 9.17) is 0 Å². The molecule has 1 aliphatic heterocycles. The second kappa shape index (κ2) is 6.86. The molecule has 1 aliphatic rings. The maximum Gasteiger partial charge on any atom is 0.155 e. The molecule has 0 amide bonds. The lowest BCUT2D eigenvalue weighted by Gasteiger charge is -2.42. The predicted molar refractivity (Wildman–Crippen MR) is 86.0 cm³/mol. The molecule has 3 nitrogen and oxygen atoms in total. The van der Waals surface area contributed by atoms with Gasteiger partial charge in [0.05, 0.1) is 0 Å². The van der Waals surface area contributed by atoms with Crippen LogP contribution in [0.3, 0.4) is 0 Å². The molecule has 0 aromatic heterocycles. The van der Waals surface area contributed by atoms with Crippen LogP contribution in [0.15, 0.2) is 12.2 Å². The summed E-state index contributed by atoms with van der Waals surface area (Å²) in [6, 6.07) is 0. The van der Waals surface area contributed by atoms with E-state index in [-0.39, 0.29) is 16.7 Å². The molecule has 0 spiro atoms. The van der Waals surface area contributed by atoms with Crippen molar-refractivity contribution in [3.63, 3.8) is 0 Å². The quantitative estimate of drug-likeness (QED) is 0.740. The van der Waals surface area contributed by atoms with Gasteiger partial charge >= 0.3 is 0 Å². The van der Waals surface area contributed by atoms with E-state index in [0.29, 0.717) is 6.42 Å². The number of carbonyl (C=O) groups excluding carboxylic acids is 1. The third kappa shape index (κ3) is 6.67. The first-order valence-electron chi connectivity index (χ1n) is 7.75. The summed E-state index contributed by atoms with van der Waals surface area (Å²) in [5, 5.41) is 0. The fraction of sp³-hybridized carbons (Fsp3) is 0.824. The Balaban J connectivity index is 2.29. The summed E-state index contributed by atoms with van der Waals surface area (Å²) in [7, 11) is 0. The lowest BCUT2D eigenvalue weighted by molar-refractivity contribution is -0.116. The average molecular weight is 280 g/mol. The van der Waals surface area contributed by atoms with E-state index in [1.165, 1.54) is 0 Å². The first kappa shape index (κ1) is 17.4. The summed E-state index contributed by atoms with van der Waals surface area (Å²) in [6.07, 6.45) is 4.42. The third-order valence-electron chi connectivity index (χ3n) is 3.69. The number of allylic oxidation sites excluding steroid dienone is 1. The van der Waals surface area contributed by atoms with Crippen molar-refractivity contribution < 1.29 is 4.79 Å². The van der Waals surface area contributed by atoms with Gasteiger partial charge in [0.25, 0.3) is 0 Å². The highest BCUT2D eigenvalue weighted by atomic mass is 16.1. The zero-order chi connectivity index (χ0) is 15.4. The van der Waals surface area contributed by atoms with Gasteiger partial charge in [-0.3, -0.25) is 14.6 Å². The first-order chi connectivity index (χ1) is 9.08. The fourth-order valence-electron chi connectivity index (χ4n) is 2.52. The van der Waals surface area contributed by atoms with Crippen LogP contribution in [0.4, 0.5) is 0 Å². The van der Waals surface area contributed by atoms with E-state index in [1.54, 1.807) is 6.08 Å². The van der Waals surface area contributed by atoms with Crippen molar-refractivity contribution >= 4 is 5.78 Å². The van der Waals surface area contributed by atoms with Crippen LogP contribution in [0, 0.1) is 5.41 Å². The molecular formula is C17H32N2O. The molecule has 0 radical (unpaired) electrons. The number of hydrogen-bond acceptors (Lipinski definition) is 3. The van der Waals surface area contributed by atoms with Crippen molar-refractivity contribution in [3.8, 4) is 0 Å². The lowest BCUT2D eigenvalue weighted by atomic mass is 9.90. The van der Waals surface area contributed by atoms with Gasteiger partial charge in [0.1, 0.15) is 0 Å². The second-order valence-electron chi connectivity index (χ2n) is 8.06. The highest BCUT2D eigenvalue weighted by Crippen LogP contribution is 2.19. The minimum Gasteiger partial charge on any atom is -0.297 e. The topological polar surface area (TPSA) is 23.6 Å². The van der Waals surface area contributed by atoms with Crippen LogP contribution in [0.25, 0.3) is 0 Å². The number of rotatable bonds is 4. The van der Waals surface area contributed by atoms with Gasteiger partial charge in [-0.15, -0.1) is 0 Å². The maximum atomic E-state index is 11.8. The van der Waals surface area contributed by atoms with Crippen molar-refractivity contribution in [2.75, 3.05) is 32.7 Å². The summed E-state index contributed by atoms with van der Waals surface area (Å²) in [6.45, 7) is 18.4. The smallest absolute Gasteiger partial charge is 0.155 e. The molecular weight excluding hydrogens is 248 g/mol. The number of piperazine rings is 1. The maximum absolute atomic E-state index is 11.8. The molecule has 0 bridgehead atoms. The van der Waals surface area contributed by atoms with Crippen molar-refractivity contribution in [2.45, 2.75) is 53.5 Å². The van der Waals surface area contributed by atoms with Gasteiger partial charge in [-0.05, 0) is 32.3 Å². The molecule has 1 fully saturated rings. The van der Waals surface area contributed by atoms with Crippen LogP contribution < -0.4 is 0 Å². The van der Waals surface area contributed by atoms with E-state index in [2.05, 4.69) is 51.3 Å². The lowest BCUT2D eigenvalue weighted by Crippen LogP contribution is -2.53. The summed E-state index contributed by atoms with van der Waals surface area (Å²) in [4.78, 5) is 16.7. The molecule has 116 valence electrons. The molecule has 1 saturated heterocycles. The van der Waals surface area contributed by atoms with Crippen molar-refractivity contribution in [1.82, 2.24) is 9.80 Å². The van der Waals surface area contributed by atoms with E-state index >= 15 is 0 Å². The molecule has 0 saturated carbocycles. The second-order valence-corrected chi connectivity index (χ2v) is 8.06. The third-order valence-corrected chi connectivity index (χ3v) is 3.69. The summed E-state index contributed by atoms with van der Waals surface area (Å²) in [5.41, 5.74) is 0.352. The molecule has 0 unspecified atom stereocenters. The van der Waals surface area contributed by atoms with Gasteiger partial charge in [-0.2, -0.15) is 0 Å². The van der Waals surface area contributed by atoms with Gasteiger partial charge in [-0.1, -0.05) is 26.8 Å². The summed E-state index contributed by atoms with van der Waals surface area (Å²) in [5.74, 6) is 0.242. The number of hydrogen-bond donors (Lipinski definition) is 0. The van der Waals surface area contributed by atoms with Crippen LogP contribution in [0.5, 0.6) is 0 Å². The Kier molecular flexibility index (Phi) is 5.96. The fourth-order valence-corrected chi connectivity index (χ4v) is 2.52. The molecule has 1 heterocycles. The Bertz CT molecular complexity index is 339. The Hall–Kier alpha value is -0.670. The highest BCUT2D eigenvalue weighted by molar-refractivity contribution is 5.90. The van der Waals surface area contributed by atoms with Crippen LogP contribution >= 0.6 is 0 Å². The molecule has 1 rings (SSSR count). The SMILES string of the molecule is CC(C)(C)CC(=O)/C=C/CN1CCN(C(C)(C)C)CC1. The molecule has 0 aromatic rings. The molecule has 0 N–H and O–H groups in total. The van der Waals surface area contributed by atoms with Crippen LogP contribution in [0.2, 0.25) is 0 Å². The van der Waals surface area contributed by atoms with Crippen LogP contribution in [0.1, 0.15) is 48.0 Å². The number of carbonyl (C=O) groups is 1. The zero-order valence-electron chi connectivity index (χ0n) is 14.2. The van der Waals surface area contributed by atoms with E-state index in [9.17, 15) is 4.79 Å². The molecule has 3 heteroatoms. The average Bonchev–Trinajstić information content (AvgIpc) is 2.26. The number of ketones is 1. The van der Waals surface area contributed by atoms with E-state index in [1.807, 2.05) is 6.08 Å². The monoisotopic (exact) mass is 280 g/mol. The van der Waals surface area contributed by atoms with Crippen molar-refractivity contribution in [1.29, 1.82) is 0 Å².